The third-order valence-electron chi connectivity index (χ3n) is 6.66. The molecule has 4 nitrogen and oxygen atoms in total. The zero-order valence-corrected chi connectivity index (χ0v) is 20.3. The van der Waals surface area contributed by atoms with E-state index in [1.807, 2.05) is 35.2 Å². The normalized spacial score (nSPS) is 19.5. The summed E-state index contributed by atoms with van der Waals surface area (Å²) in [6.45, 7) is 8.74. The number of hydrogen-bond donors (Lipinski definition) is 0. The number of nitrogens with zero attached hydrogens (tertiary/aromatic N) is 2. The van der Waals surface area contributed by atoms with E-state index in [1.165, 1.54) is 28.5 Å². The lowest BCUT2D eigenvalue weighted by Gasteiger charge is -2.51. The topological polar surface area (TPSA) is 46.3 Å². The molecule has 33 heavy (non-hydrogen) atoms. The van der Waals surface area contributed by atoms with Crippen LogP contribution in [0.3, 0.4) is 0 Å². The van der Waals surface area contributed by atoms with Crippen LogP contribution in [-0.4, -0.2) is 22.2 Å². The van der Waals surface area contributed by atoms with E-state index in [2.05, 4.69) is 75.1 Å². The number of carbonyl (C=O) groups is 1. The molecule has 5 heteroatoms. The molecule has 3 aromatic carbocycles. The van der Waals surface area contributed by atoms with E-state index in [9.17, 15) is 4.79 Å². The molecule has 0 saturated heterocycles. The molecular formula is C28H28N2O2S. The van der Waals surface area contributed by atoms with Gasteiger partial charge in [0.1, 0.15) is 5.52 Å². The van der Waals surface area contributed by atoms with E-state index in [0.717, 1.165) is 23.2 Å². The quantitative estimate of drug-likeness (QED) is 0.319. The van der Waals surface area contributed by atoms with Crippen LogP contribution in [-0.2, 0) is 10.2 Å². The highest BCUT2D eigenvalue weighted by Gasteiger charge is 2.47. The second-order valence-electron chi connectivity index (χ2n) is 9.67. The van der Waals surface area contributed by atoms with E-state index in [0.29, 0.717) is 5.22 Å². The van der Waals surface area contributed by atoms with Crippen LogP contribution in [0, 0.1) is 6.92 Å². The molecule has 0 aliphatic carbocycles. The van der Waals surface area contributed by atoms with Crippen molar-refractivity contribution in [1.82, 2.24) is 4.98 Å². The minimum absolute atomic E-state index is 0.0608. The fraction of sp³-hybridized carbons (Fsp3) is 0.286. The Morgan fingerprint density at radius 3 is 2.45 bits per heavy atom. The average molecular weight is 457 g/mol. The number of para-hydroxylation sites is 3. The molecule has 0 fully saturated rings. The first kappa shape index (κ1) is 21.8. The largest absolute Gasteiger partial charge is 0.431 e. The zero-order valence-electron chi connectivity index (χ0n) is 19.5. The Kier molecular flexibility index (Phi) is 5.32. The van der Waals surface area contributed by atoms with Crippen molar-refractivity contribution in [2.24, 2.45) is 0 Å². The standard InChI is InChI=1S/C28H28N2O2S/c1-19-13-15-20(16-14-19)28(4)18-27(2,3)30(23-11-7-5-9-21(23)28)25(31)17-33-26-29-22-10-6-8-12-24(22)32-26/h5-16H,17-18H2,1-4H3/t28-/m0/s1. The molecular weight excluding hydrogens is 428 g/mol. The van der Waals surface area contributed by atoms with Crippen LogP contribution in [0.15, 0.2) is 82.4 Å². The molecule has 0 spiro atoms. The number of carbonyl (C=O) groups excluding carboxylic acids is 1. The maximum atomic E-state index is 13.6. The molecule has 1 aromatic heterocycles. The highest BCUT2D eigenvalue weighted by molar-refractivity contribution is 7.99. The SMILES string of the molecule is Cc1ccc([C@]2(C)CC(C)(C)N(C(=O)CSc3nc4ccccc4o3)c3ccccc32)cc1. The lowest BCUT2D eigenvalue weighted by Crippen LogP contribution is -2.56. The Balaban J connectivity index is 1.47. The van der Waals surface area contributed by atoms with Gasteiger partial charge in [0.15, 0.2) is 5.58 Å². The highest BCUT2D eigenvalue weighted by Crippen LogP contribution is 2.50. The van der Waals surface area contributed by atoms with Crippen LogP contribution in [0.2, 0.25) is 0 Å². The molecule has 1 amide bonds. The van der Waals surface area contributed by atoms with Gasteiger partial charge in [-0.25, -0.2) is 4.98 Å². The number of hydrogen-bond acceptors (Lipinski definition) is 4. The Morgan fingerprint density at radius 2 is 1.70 bits per heavy atom. The summed E-state index contributed by atoms with van der Waals surface area (Å²) < 4.78 is 5.81. The second-order valence-corrected chi connectivity index (χ2v) is 10.6. The molecule has 5 rings (SSSR count). The highest BCUT2D eigenvalue weighted by atomic mass is 32.2. The minimum Gasteiger partial charge on any atom is -0.431 e. The number of fused-ring (bicyclic) bond motifs is 2. The van der Waals surface area contributed by atoms with E-state index in [1.54, 1.807) is 0 Å². The third-order valence-corrected chi connectivity index (χ3v) is 7.48. The Labute approximate surface area is 199 Å². The molecule has 1 aliphatic rings. The first-order valence-corrected chi connectivity index (χ1v) is 12.2. The zero-order chi connectivity index (χ0) is 23.2. The molecule has 1 aliphatic heterocycles. The fourth-order valence-electron chi connectivity index (χ4n) is 5.25. The van der Waals surface area contributed by atoms with Gasteiger partial charge in [-0.3, -0.25) is 4.79 Å². The molecule has 0 bridgehead atoms. The first-order valence-electron chi connectivity index (χ1n) is 11.3. The lowest BCUT2D eigenvalue weighted by atomic mass is 9.65. The summed E-state index contributed by atoms with van der Waals surface area (Å²) >= 11 is 1.35. The van der Waals surface area contributed by atoms with Crippen LogP contribution in [0.1, 0.15) is 43.9 Å². The van der Waals surface area contributed by atoms with E-state index in [-0.39, 0.29) is 22.6 Å². The van der Waals surface area contributed by atoms with Gasteiger partial charge in [-0.15, -0.1) is 0 Å². The predicted molar refractivity (Wildman–Crippen MR) is 135 cm³/mol. The number of aromatic nitrogens is 1. The summed E-state index contributed by atoms with van der Waals surface area (Å²) in [5, 5.41) is 0.525. The van der Waals surface area contributed by atoms with E-state index < -0.39 is 0 Å². The maximum Gasteiger partial charge on any atom is 0.257 e. The van der Waals surface area contributed by atoms with Crippen molar-refractivity contribution in [2.45, 2.75) is 50.3 Å². The van der Waals surface area contributed by atoms with Gasteiger partial charge in [0.05, 0.1) is 5.75 Å². The van der Waals surface area contributed by atoms with E-state index in [4.69, 9.17) is 4.42 Å². The van der Waals surface area contributed by atoms with Crippen molar-refractivity contribution < 1.29 is 9.21 Å². The Morgan fingerprint density at radius 1 is 1.00 bits per heavy atom. The summed E-state index contributed by atoms with van der Waals surface area (Å²) in [6.07, 6.45) is 0.833. The van der Waals surface area contributed by atoms with Crippen LogP contribution < -0.4 is 4.90 Å². The number of aryl methyl sites for hydroxylation is 1. The Bertz CT molecular complexity index is 1290. The minimum atomic E-state index is -0.354. The summed E-state index contributed by atoms with van der Waals surface area (Å²) in [5.74, 6) is 0.330. The number of amides is 1. The van der Waals surface area contributed by atoms with Gasteiger partial charge >= 0.3 is 0 Å². The monoisotopic (exact) mass is 456 g/mol. The molecule has 0 saturated carbocycles. The number of benzene rings is 3. The van der Waals surface area contributed by atoms with Crippen molar-refractivity contribution in [1.29, 1.82) is 0 Å². The number of anilines is 1. The molecule has 4 aromatic rings. The van der Waals surface area contributed by atoms with Crippen LogP contribution in [0.5, 0.6) is 0 Å². The maximum absolute atomic E-state index is 13.6. The molecule has 0 unspecified atom stereocenters. The van der Waals surface area contributed by atoms with Gasteiger partial charge in [-0.05, 0) is 56.5 Å². The van der Waals surface area contributed by atoms with Crippen LogP contribution >= 0.6 is 11.8 Å². The van der Waals surface area contributed by atoms with Crippen LogP contribution in [0.25, 0.3) is 11.1 Å². The van der Waals surface area contributed by atoms with Crippen LogP contribution in [0.4, 0.5) is 5.69 Å². The third kappa shape index (κ3) is 3.84. The van der Waals surface area contributed by atoms with Crippen molar-refractivity contribution in [3.05, 3.63) is 89.5 Å². The molecule has 0 radical (unpaired) electrons. The molecule has 0 N–H and O–H groups in total. The van der Waals surface area contributed by atoms with Gasteiger partial charge in [-0.2, -0.15) is 0 Å². The van der Waals surface area contributed by atoms with Crippen molar-refractivity contribution in [2.75, 3.05) is 10.7 Å². The molecule has 1 atom stereocenters. The fourth-order valence-corrected chi connectivity index (χ4v) is 5.94. The Hall–Kier alpha value is -3.05. The second kappa shape index (κ2) is 8.07. The lowest BCUT2D eigenvalue weighted by molar-refractivity contribution is -0.117. The first-order chi connectivity index (χ1) is 15.8. The predicted octanol–water partition coefficient (Wildman–Crippen LogP) is 6.75. The van der Waals surface area contributed by atoms with Gasteiger partial charge in [0, 0.05) is 16.6 Å². The summed E-state index contributed by atoms with van der Waals surface area (Å²) in [6, 6.07) is 24.8. The van der Waals surface area contributed by atoms with Crippen molar-refractivity contribution >= 4 is 34.5 Å². The van der Waals surface area contributed by atoms with Crippen molar-refractivity contribution in [3.63, 3.8) is 0 Å². The smallest absolute Gasteiger partial charge is 0.257 e. The van der Waals surface area contributed by atoms with Gasteiger partial charge < -0.3 is 9.32 Å². The number of thioether (sulfide) groups is 1. The number of rotatable bonds is 4. The van der Waals surface area contributed by atoms with Gasteiger partial charge in [-0.1, -0.05) is 78.8 Å². The average Bonchev–Trinajstić information content (AvgIpc) is 3.20. The van der Waals surface area contributed by atoms with Gasteiger partial charge in [0.2, 0.25) is 5.91 Å². The summed E-state index contributed by atoms with van der Waals surface area (Å²) in [5.41, 5.74) is 5.72. The molecule has 168 valence electrons. The number of oxazole rings is 1. The molecule has 2 heterocycles. The van der Waals surface area contributed by atoms with Gasteiger partial charge in [0.25, 0.3) is 5.22 Å². The summed E-state index contributed by atoms with van der Waals surface area (Å²) in [7, 11) is 0. The summed E-state index contributed by atoms with van der Waals surface area (Å²) in [4.78, 5) is 20.1. The van der Waals surface area contributed by atoms with Crippen molar-refractivity contribution in [3.8, 4) is 0 Å². The van der Waals surface area contributed by atoms with E-state index >= 15 is 0 Å².